The molecule has 0 amide bonds. The molecule has 1 aliphatic heterocycles. The molecule has 1 N–H and O–H groups in total. The fourth-order valence-corrected chi connectivity index (χ4v) is 3.24. The highest BCUT2D eigenvalue weighted by molar-refractivity contribution is 8.14. The zero-order chi connectivity index (χ0) is 12.3. The molecular formula is C14H28N2S. The van der Waals surface area contributed by atoms with Gasteiger partial charge in [-0.1, -0.05) is 64.1 Å². The van der Waals surface area contributed by atoms with Crippen molar-refractivity contribution in [2.24, 2.45) is 4.99 Å². The van der Waals surface area contributed by atoms with Crippen LogP contribution in [0.15, 0.2) is 4.99 Å². The summed E-state index contributed by atoms with van der Waals surface area (Å²) in [6.45, 7) is 6.65. The Hall–Kier alpha value is -0.180. The fraction of sp³-hybridized carbons (Fsp3) is 0.929. The summed E-state index contributed by atoms with van der Waals surface area (Å²) in [6, 6.07) is 0. The van der Waals surface area contributed by atoms with E-state index >= 15 is 0 Å². The largest absolute Gasteiger partial charge is 0.365 e. The molecule has 0 aromatic carbocycles. The molecule has 1 heterocycles. The highest BCUT2D eigenvalue weighted by Gasteiger charge is 2.17. The van der Waals surface area contributed by atoms with Crippen LogP contribution in [0.4, 0.5) is 0 Å². The third kappa shape index (κ3) is 6.97. The summed E-state index contributed by atoms with van der Waals surface area (Å²) >= 11 is 1.95. The van der Waals surface area contributed by atoms with Crippen LogP contribution in [0.5, 0.6) is 0 Å². The van der Waals surface area contributed by atoms with Crippen molar-refractivity contribution >= 4 is 16.9 Å². The van der Waals surface area contributed by atoms with E-state index in [0.717, 1.165) is 18.3 Å². The molecule has 1 rings (SSSR count). The van der Waals surface area contributed by atoms with E-state index in [9.17, 15) is 0 Å². The Balaban J connectivity index is 1.90. The highest BCUT2D eigenvalue weighted by atomic mass is 32.2. The van der Waals surface area contributed by atoms with Crippen molar-refractivity contribution < 1.29 is 0 Å². The molecule has 1 aliphatic rings. The second-order valence-electron chi connectivity index (χ2n) is 4.87. The number of unbranched alkanes of at least 4 members (excludes halogenated alkanes) is 5. The number of rotatable bonds is 9. The molecule has 0 fully saturated rings. The van der Waals surface area contributed by atoms with Gasteiger partial charge < -0.3 is 5.32 Å². The average molecular weight is 256 g/mol. The first-order valence-electron chi connectivity index (χ1n) is 7.31. The van der Waals surface area contributed by atoms with Crippen molar-refractivity contribution in [3.05, 3.63) is 0 Å². The number of thioether (sulfide) groups is 1. The molecule has 100 valence electrons. The van der Waals surface area contributed by atoms with Gasteiger partial charge >= 0.3 is 0 Å². The lowest BCUT2D eigenvalue weighted by atomic mass is 10.1. The van der Waals surface area contributed by atoms with E-state index in [0.29, 0.717) is 0 Å². The lowest BCUT2D eigenvalue weighted by Gasteiger charge is -2.07. The Morgan fingerprint density at radius 3 is 2.65 bits per heavy atom. The van der Waals surface area contributed by atoms with Crippen LogP contribution in [0.3, 0.4) is 0 Å². The molecule has 0 aliphatic carbocycles. The molecule has 2 nitrogen and oxygen atoms in total. The molecule has 0 saturated heterocycles. The van der Waals surface area contributed by atoms with E-state index < -0.39 is 0 Å². The molecule has 0 aromatic heterocycles. The van der Waals surface area contributed by atoms with Gasteiger partial charge in [0.25, 0.3) is 0 Å². The molecule has 0 bridgehead atoms. The predicted octanol–water partition coefficient (Wildman–Crippen LogP) is 4.21. The molecular weight excluding hydrogens is 228 g/mol. The van der Waals surface area contributed by atoms with Gasteiger partial charge in [0.1, 0.15) is 0 Å². The van der Waals surface area contributed by atoms with Crippen LogP contribution in [0.2, 0.25) is 0 Å². The maximum absolute atomic E-state index is 4.55. The summed E-state index contributed by atoms with van der Waals surface area (Å²) in [4.78, 5) is 4.55. The molecule has 1 unspecified atom stereocenters. The lowest BCUT2D eigenvalue weighted by Crippen LogP contribution is -2.20. The Labute approximate surface area is 111 Å². The molecule has 17 heavy (non-hydrogen) atoms. The lowest BCUT2D eigenvalue weighted by molar-refractivity contribution is 0.603. The average Bonchev–Trinajstić information content (AvgIpc) is 2.76. The normalized spacial score (nSPS) is 19.4. The first-order valence-corrected chi connectivity index (χ1v) is 8.19. The van der Waals surface area contributed by atoms with Crippen molar-refractivity contribution in [1.29, 1.82) is 0 Å². The van der Waals surface area contributed by atoms with Gasteiger partial charge in [-0.05, 0) is 12.8 Å². The minimum Gasteiger partial charge on any atom is -0.365 e. The molecule has 1 atom stereocenters. The van der Waals surface area contributed by atoms with E-state index in [4.69, 9.17) is 0 Å². The van der Waals surface area contributed by atoms with Crippen molar-refractivity contribution in [3.63, 3.8) is 0 Å². The predicted molar refractivity (Wildman–Crippen MR) is 80.0 cm³/mol. The Kier molecular flexibility index (Phi) is 8.59. The van der Waals surface area contributed by atoms with Gasteiger partial charge in [0.15, 0.2) is 5.17 Å². The van der Waals surface area contributed by atoms with Crippen molar-refractivity contribution in [2.75, 3.05) is 13.1 Å². The van der Waals surface area contributed by atoms with E-state index in [1.807, 2.05) is 11.8 Å². The van der Waals surface area contributed by atoms with E-state index in [1.54, 1.807) is 0 Å². The summed E-state index contributed by atoms with van der Waals surface area (Å²) in [5.74, 6) is 0. The zero-order valence-corrected chi connectivity index (χ0v) is 12.3. The SMILES string of the molecule is CCCCCCCCNC1=NCC(CCC)S1. The van der Waals surface area contributed by atoms with Crippen LogP contribution in [-0.4, -0.2) is 23.5 Å². The van der Waals surface area contributed by atoms with Gasteiger partial charge in [-0.15, -0.1) is 0 Å². The van der Waals surface area contributed by atoms with Gasteiger partial charge in [0.05, 0.1) is 6.54 Å². The third-order valence-electron chi connectivity index (χ3n) is 3.13. The Morgan fingerprint density at radius 1 is 1.12 bits per heavy atom. The third-order valence-corrected chi connectivity index (χ3v) is 4.35. The van der Waals surface area contributed by atoms with Crippen LogP contribution in [0.1, 0.15) is 65.2 Å². The quantitative estimate of drug-likeness (QED) is 0.625. The molecule has 0 saturated carbocycles. The van der Waals surface area contributed by atoms with E-state index in [2.05, 4.69) is 24.2 Å². The fourth-order valence-electron chi connectivity index (χ4n) is 2.09. The minimum atomic E-state index is 0.743. The van der Waals surface area contributed by atoms with Crippen LogP contribution in [-0.2, 0) is 0 Å². The number of amidine groups is 1. The van der Waals surface area contributed by atoms with Gasteiger partial charge in [0, 0.05) is 11.8 Å². The number of aliphatic imine (C=N–C) groups is 1. The standard InChI is InChI=1S/C14H28N2S/c1-3-5-6-7-8-9-11-15-14-16-12-13(17-14)10-4-2/h13H,3-12H2,1-2H3,(H,15,16). The van der Waals surface area contributed by atoms with Gasteiger partial charge in [-0.25, -0.2) is 0 Å². The summed E-state index contributed by atoms with van der Waals surface area (Å²) in [5.41, 5.74) is 0. The number of nitrogens with zero attached hydrogens (tertiary/aromatic N) is 1. The van der Waals surface area contributed by atoms with Crippen LogP contribution in [0, 0.1) is 0 Å². The van der Waals surface area contributed by atoms with Crippen LogP contribution >= 0.6 is 11.8 Å². The minimum absolute atomic E-state index is 0.743. The summed E-state index contributed by atoms with van der Waals surface area (Å²) in [5, 5.41) is 5.41. The number of nitrogens with one attached hydrogen (secondary N) is 1. The molecule has 0 spiro atoms. The maximum atomic E-state index is 4.55. The second kappa shape index (κ2) is 9.81. The summed E-state index contributed by atoms with van der Waals surface area (Å²) < 4.78 is 0. The van der Waals surface area contributed by atoms with Gasteiger partial charge in [-0.3, -0.25) is 4.99 Å². The van der Waals surface area contributed by atoms with Crippen molar-refractivity contribution in [3.8, 4) is 0 Å². The second-order valence-corrected chi connectivity index (χ2v) is 6.16. The Bertz CT molecular complexity index is 216. The first-order chi connectivity index (χ1) is 8.36. The number of hydrogen-bond acceptors (Lipinski definition) is 3. The highest BCUT2D eigenvalue weighted by Crippen LogP contribution is 2.23. The van der Waals surface area contributed by atoms with Crippen LogP contribution < -0.4 is 5.32 Å². The van der Waals surface area contributed by atoms with E-state index in [1.165, 1.54) is 56.5 Å². The molecule has 0 aromatic rings. The zero-order valence-electron chi connectivity index (χ0n) is 11.5. The summed E-state index contributed by atoms with van der Waals surface area (Å²) in [7, 11) is 0. The first kappa shape index (κ1) is 14.9. The van der Waals surface area contributed by atoms with Crippen LogP contribution in [0.25, 0.3) is 0 Å². The van der Waals surface area contributed by atoms with Gasteiger partial charge in [0.2, 0.25) is 0 Å². The summed E-state index contributed by atoms with van der Waals surface area (Å²) in [6.07, 6.45) is 10.8. The Morgan fingerprint density at radius 2 is 1.88 bits per heavy atom. The molecule has 3 heteroatoms. The maximum Gasteiger partial charge on any atom is 0.156 e. The van der Waals surface area contributed by atoms with Gasteiger partial charge in [-0.2, -0.15) is 0 Å². The topological polar surface area (TPSA) is 24.4 Å². The van der Waals surface area contributed by atoms with E-state index in [-0.39, 0.29) is 0 Å². The van der Waals surface area contributed by atoms with Crippen molar-refractivity contribution in [2.45, 2.75) is 70.5 Å². The smallest absolute Gasteiger partial charge is 0.156 e. The molecule has 0 radical (unpaired) electrons. The van der Waals surface area contributed by atoms with Crippen molar-refractivity contribution in [1.82, 2.24) is 5.32 Å². The monoisotopic (exact) mass is 256 g/mol. The number of hydrogen-bond donors (Lipinski definition) is 1.